The number of rotatable bonds is 5. The Bertz CT molecular complexity index is 1030. The zero-order valence-corrected chi connectivity index (χ0v) is 16.1. The molecule has 0 spiro atoms. The molecule has 0 unspecified atom stereocenters. The van der Waals surface area contributed by atoms with Crippen LogP contribution in [0.3, 0.4) is 0 Å². The van der Waals surface area contributed by atoms with Gasteiger partial charge < -0.3 is 4.90 Å². The summed E-state index contributed by atoms with van der Waals surface area (Å²) in [6.07, 6.45) is 1.15. The maximum Gasteiger partial charge on any atom is 0.253 e. The van der Waals surface area contributed by atoms with Crippen LogP contribution in [0.25, 0.3) is 11.1 Å². The van der Waals surface area contributed by atoms with Crippen molar-refractivity contribution in [3.8, 4) is 11.1 Å². The fourth-order valence-corrected chi connectivity index (χ4v) is 3.47. The quantitative estimate of drug-likeness (QED) is 0.673. The summed E-state index contributed by atoms with van der Waals surface area (Å²) in [6, 6.07) is 24.3. The molecule has 4 nitrogen and oxygen atoms in total. The van der Waals surface area contributed by atoms with Crippen molar-refractivity contribution in [3.05, 3.63) is 90.0 Å². The van der Waals surface area contributed by atoms with Gasteiger partial charge >= 0.3 is 0 Å². The minimum absolute atomic E-state index is 0.151. The molecule has 0 aliphatic rings. The van der Waals surface area contributed by atoms with Crippen LogP contribution in [-0.2, 0) is 16.4 Å². The van der Waals surface area contributed by atoms with E-state index in [0.29, 0.717) is 12.1 Å². The minimum atomic E-state index is -3.27. The molecule has 3 aromatic rings. The second-order valence-electron chi connectivity index (χ2n) is 6.52. The molecule has 0 aromatic heterocycles. The van der Waals surface area contributed by atoms with Crippen LogP contribution in [0.2, 0.25) is 0 Å². The van der Waals surface area contributed by atoms with E-state index in [1.54, 1.807) is 24.1 Å². The van der Waals surface area contributed by atoms with E-state index >= 15 is 0 Å². The Kier molecular flexibility index (Phi) is 5.42. The lowest BCUT2D eigenvalue weighted by atomic mass is 10.0. The van der Waals surface area contributed by atoms with Crippen LogP contribution >= 0.6 is 0 Å². The van der Waals surface area contributed by atoms with Crippen molar-refractivity contribution >= 4 is 15.7 Å². The standard InChI is InChI=1S/C22H21NO3S/c1-23(22(24)20-12-14-21(15-13-20)27(2,25)26)16-17-8-10-19(11-9-17)18-6-4-3-5-7-18/h3-15H,16H2,1-2H3. The van der Waals surface area contributed by atoms with E-state index < -0.39 is 9.84 Å². The number of sulfone groups is 1. The molecule has 0 bridgehead atoms. The average molecular weight is 379 g/mol. The number of amides is 1. The van der Waals surface area contributed by atoms with Crippen molar-refractivity contribution in [2.45, 2.75) is 11.4 Å². The molecule has 0 N–H and O–H groups in total. The maximum atomic E-state index is 12.6. The topological polar surface area (TPSA) is 54.5 Å². The van der Waals surface area contributed by atoms with Crippen molar-refractivity contribution in [2.75, 3.05) is 13.3 Å². The monoisotopic (exact) mass is 379 g/mol. The van der Waals surface area contributed by atoms with Gasteiger partial charge in [0.25, 0.3) is 5.91 Å². The molecule has 0 aliphatic carbocycles. The van der Waals surface area contributed by atoms with E-state index in [1.165, 1.54) is 12.1 Å². The first-order valence-corrected chi connectivity index (χ1v) is 10.4. The summed E-state index contributed by atoms with van der Waals surface area (Å²) >= 11 is 0. The van der Waals surface area contributed by atoms with Crippen LogP contribution in [-0.4, -0.2) is 32.5 Å². The van der Waals surface area contributed by atoms with E-state index in [1.807, 2.05) is 42.5 Å². The van der Waals surface area contributed by atoms with E-state index in [9.17, 15) is 13.2 Å². The third-order valence-electron chi connectivity index (χ3n) is 4.36. The van der Waals surface area contributed by atoms with Crippen LogP contribution in [0.5, 0.6) is 0 Å². The predicted molar refractivity (Wildman–Crippen MR) is 107 cm³/mol. The van der Waals surface area contributed by atoms with Crippen LogP contribution < -0.4 is 0 Å². The van der Waals surface area contributed by atoms with Gasteiger partial charge in [0.05, 0.1) is 4.90 Å². The van der Waals surface area contributed by atoms with Gasteiger partial charge in [-0.25, -0.2) is 8.42 Å². The van der Waals surface area contributed by atoms with Gasteiger partial charge in [-0.1, -0.05) is 54.6 Å². The molecule has 0 radical (unpaired) electrons. The molecular formula is C22H21NO3S. The van der Waals surface area contributed by atoms with Gasteiger partial charge in [-0.15, -0.1) is 0 Å². The number of benzene rings is 3. The number of nitrogens with zero attached hydrogens (tertiary/aromatic N) is 1. The highest BCUT2D eigenvalue weighted by atomic mass is 32.2. The van der Waals surface area contributed by atoms with E-state index in [0.717, 1.165) is 22.9 Å². The highest BCUT2D eigenvalue weighted by Crippen LogP contribution is 2.20. The summed E-state index contributed by atoms with van der Waals surface area (Å²) in [5.41, 5.74) is 3.77. The van der Waals surface area contributed by atoms with Crippen LogP contribution in [0.1, 0.15) is 15.9 Å². The van der Waals surface area contributed by atoms with Crippen molar-refractivity contribution < 1.29 is 13.2 Å². The number of hydrogen-bond acceptors (Lipinski definition) is 3. The number of carbonyl (C=O) groups excluding carboxylic acids is 1. The average Bonchev–Trinajstić information content (AvgIpc) is 2.68. The first-order valence-electron chi connectivity index (χ1n) is 8.54. The van der Waals surface area contributed by atoms with Gasteiger partial charge in [0.15, 0.2) is 9.84 Å². The van der Waals surface area contributed by atoms with Gasteiger partial charge in [0.1, 0.15) is 0 Å². The molecule has 27 heavy (non-hydrogen) atoms. The summed E-state index contributed by atoms with van der Waals surface area (Å²) < 4.78 is 23.0. The summed E-state index contributed by atoms with van der Waals surface area (Å²) in [5, 5.41) is 0. The smallest absolute Gasteiger partial charge is 0.253 e. The molecular weight excluding hydrogens is 358 g/mol. The Morgan fingerprint density at radius 3 is 1.93 bits per heavy atom. The molecule has 0 heterocycles. The van der Waals surface area contributed by atoms with E-state index in [4.69, 9.17) is 0 Å². The molecule has 1 amide bonds. The molecule has 0 atom stereocenters. The predicted octanol–water partition coefficient (Wildman–Crippen LogP) is 4.03. The fourth-order valence-electron chi connectivity index (χ4n) is 2.84. The van der Waals surface area contributed by atoms with Crippen LogP contribution in [0.4, 0.5) is 0 Å². The van der Waals surface area contributed by atoms with Crippen molar-refractivity contribution in [3.63, 3.8) is 0 Å². The minimum Gasteiger partial charge on any atom is -0.337 e. The molecule has 0 aliphatic heterocycles. The lowest BCUT2D eigenvalue weighted by molar-refractivity contribution is 0.0785. The van der Waals surface area contributed by atoms with Crippen molar-refractivity contribution in [1.29, 1.82) is 0 Å². The molecule has 3 rings (SSSR count). The molecule has 0 saturated carbocycles. The second kappa shape index (κ2) is 7.76. The molecule has 0 fully saturated rings. The second-order valence-corrected chi connectivity index (χ2v) is 8.54. The van der Waals surface area contributed by atoms with Crippen molar-refractivity contribution in [2.24, 2.45) is 0 Å². The van der Waals surface area contributed by atoms with Gasteiger partial charge in [-0.3, -0.25) is 4.79 Å². The van der Waals surface area contributed by atoms with Crippen LogP contribution in [0.15, 0.2) is 83.8 Å². The summed E-state index contributed by atoms with van der Waals surface area (Å²) in [7, 11) is -1.53. The zero-order valence-electron chi connectivity index (χ0n) is 15.3. The number of carbonyl (C=O) groups is 1. The first kappa shape index (κ1) is 18.9. The normalized spacial score (nSPS) is 11.2. The zero-order chi connectivity index (χ0) is 19.4. The Hall–Kier alpha value is -2.92. The highest BCUT2D eigenvalue weighted by Gasteiger charge is 2.14. The Labute approximate surface area is 160 Å². The molecule has 138 valence electrons. The van der Waals surface area contributed by atoms with Crippen LogP contribution in [0, 0.1) is 0 Å². The Balaban J connectivity index is 1.69. The lowest BCUT2D eigenvalue weighted by Crippen LogP contribution is -2.26. The van der Waals surface area contributed by atoms with E-state index in [-0.39, 0.29) is 10.8 Å². The van der Waals surface area contributed by atoms with Crippen molar-refractivity contribution in [1.82, 2.24) is 4.90 Å². The molecule has 3 aromatic carbocycles. The third kappa shape index (κ3) is 4.63. The van der Waals surface area contributed by atoms with Gasteiger partial charge in [-0.05, 0) is 41.0 Å². The summed E-state index contributed by atoms with van der Waals surface area (Å²) in [5.74, 6) is -0.151. The summed E-state index contributed by atoms with van der Waals surface area (Å²) in [4.78, 5) is 14.4. The SMILES string of the molecule is CN(Cc1ccc(-c2ccccc2)cc1)C(=O)c1ccc(S(C)(=O)=O)cc1. The molecule has 5 heteroatoms. The highest BCUT2D eigenvalue weighted by molar-refractivity contribution is 7.90. The maximum absolute atomic E-state index is 12.6. The largest absolute Gasteiger partial charge is 0.337 e. The molecule has 0 saturated heterocycles. The summed E-state index contributed by atoms with van der Waals surface area (Å²) in [6.45, 7) is 0.474. The lowest BCUT2D eigenvalue weighted by Gasteiger charge is -2.18. The van der Waals surface area contributed by atoms with Gasteiger partial charge in [-0.2, -0.15) is 0 Å². The van der Waals surface area contributed by atoms with E-state index in [2.05, 4.69) is 12.1 Å². The van der Waals surface area contributed by atoms with Gasteiger partial charge in [0.2, 0.25) is 0 Å². The number of hydrogen-bond donors (Lipinski definition) is 0. The Morgan fingerprint density at radius 1 is 0.815 bits per heavy atom. The third-order valence-corrected chi connectivity index (χ3v) is 5.49. The Morgan fingerprint density at radius 2 is 1.37 bits per heavy atom. The first-order chi connectivity index (χ1) is 12.8. The van der Waals surface area contributed by atoms with Gasteiger partial charge in [0, 0.05) is 25.4 Å². The fraction of sp³-hybridized carbons (Fsp3) is 0.136.